The van der Waals surface area contributed by atoms with Crippen LogP contribution in [0.15, 0.2) is 29.2 Å². The average molecular weight is 312 g/mol. The largest absolute Gasteiger partial charge is 0.377 e. The molecule has 1 heterocycles. The second kappa shape index (κ2) is 7.35. The molecule has 2 N–H and O–H groups in total. The number of aryl methyl sites for hydroxylation is 1. The van der Waals surface area contributed by atoms with Crippen molar-refractivity contribution in [3.63, 3.8) is 0 Å². The van der Waals surface area contributed by atoms with Gasteiger partial charge in [0, 0.05) is 19.7 Å². The van der Waals surface area contributed by atoms with Gasteiger partial charge < -0.3 is 10.5 Å². The van der Waals surface area contributed by atoms with E-state index < -0.39 is 10.0 Å². The minimum atomic E-state index is -3.43. The zero-order valence-corrected chi connectivity index (χ0v) is 13.3. The molecule has 6 heteroatoms. The molecule has 0 bridgehead atoms. The lowest BCUT2D eigenvalue weighted by molar-refractivity contribution is 0.0752. The molecule has 1 fully saturated rings. The highest BCUT2D eigenvalue weighted by molar-refractivity contribution is 7.89. The van der Waals surface area contributed by atoms with Gasteiger partial charge in [0.1, 0.15) is 0 Å². The lowest BCUT2D eigenvalue weighted by Crippen LogP contribution is -2.35. The maximum Gasteiger partial charge on any atom is 0.243 e. The van der Waals surface area contributed by atoms with Crippen molar-refractivity contribution in [3.05, 3.63) is 29.8 Å². The monoisotopic (exact) mass is 312 g/mol. The summed E-state index contributed by atoms with van der Waals surface area (Å²) in [6.45, 7) is 4.10. The van der Waals surface area contributed by atoms with E-state index in [1.54, 1.807) is 12.1 Å². The maximum atomic E-state index is 12.7. The molecule has 0 aromatic heterocycles. The van der Waals surface area contributed by atoms with E-state index in [9.17, 15) is 8.42 Å². The highest BCUT2D eigenvalue weighted by atomic mass is 32.2. The lowest BCUT2D eigenvalue weighted by atomic mass is 10.1. The zero-order valence-electron chi connectivity index (χ0n) is 12.5. The van der Waals surface area contributed by atoms with Crippen LogP contribution in [0.3, 0.4) is 0 Å². The Kier molecular flexibility index (Phi) is 5.75. The van der Waals surface area contributed by atoms with Gasteiger partial charge in [-0.15, -0.1) is 0 Å². The third-order valence-corrected chi connectivity index (χ3v) is 5.53. The van der Waals surface area contributed by atoms with Gasteiger partial charge in [0.2, 0.25) is 10.0 Å². The number of sulfonamides is 1. The first kappa shape index (κ1) is 16.4. The molecule has 0 radical (unpaired) electrons. The van der Waals surface area contributed by atoms with E-state index in [-0.39, 0.29) is 6.10 Å². The predicted octanol–water partition coefficient (Wildman–Crippen LogP) is 1.38. The van der Waals surface area contributed by atoms with E-state index in [0.29, 0.717) is 31.1 Å². The first-order chi connectivity index (χ1) is 10.0. The summed E-state index contributed by atoms with van der Waals surface area (Å²) in [5.41, 5.74) is 6.60. The smallest absolute Gasteiger partial charge is 0.243 e. The second-order valence-corrected chi connectivity index (χ2v) is 7.37. The highest BCUT2D eigenvalue weighted by Gasteiger charge is 2.27. The van der Waals surface area contributed by atoms with Crippen LogP contribution in [0.1, 0.15) is 25.3 Å². The fourth-order valence-electron chi connectivity index (χ4n) is 2.46. The molecule has 1 aliphatic rings. The summed E-state index contributed by atoms with van der Waals surface area (Å²) in [6.07, 6.45) is 2.46. The van der Waals surface area contributed by atoms with E-state index in [0.717, 1.165) is 24.8 Å². The Bertz CT molecular complexity index is 543. The summed E-state index contributed by atoms with van der Waals surface area (Å²) in [7, 11) is -3.43. The fourth-order valence-corrected chi connectivity index (χ4v) is 4.01. The normalized spacial score (nSPS) is 21.1. The summed E-state index contributed by atoms with van der Waals surface area (Å²) in [6, 6.07) is 7.13. The van der Waals surface area contributed by atoms with Crippen LogP contribution in [-0.2, 0) is 21.2 Å². The second-order valence-electron chi connectivity index (χ2n) is 5.43. The van der Waals surface area contributed by atoms with Gasteiger partial charge in [-0.05, 0) is 50.4 Å². The summed E-state index contributed by atoms with van der Waals surface area (Å²) < 4.78 is 32.4. The quantitative estimate of drug-likeness (QED) is 0.891. The molecule has 0 amide bonds. The van der Waals surface area contributed by atoms with Crippen molar-refractivity contribution in [2.24, 2.45) is 5.73 Å². The van der Waals surface area contributed by atoms with Crippen LogP contribution in [-0.4, -0.2) is 45.1 Å². The SMILES string of the molecule is CC1CN(S(=O)(=O)c2ccc(CCCN)cc2)CCCO1. The maximum absolute atomic E-state index is 12.7. The minimum absolute atomic E-state index is 0.0638. The first-order valence-electron chi connectivity index (χ1n) is 7.45. The Morgan fingerprint density at radius 3 is 2.71 bits per heavy atom. The van der Waals surface area contributed by atoms with Crippen molar-refractivity contribution in [1.82, 2.24) is 4.31 Å². The zero-order chi connectivity index (χ0) is 15.3. The number of hydrogen-bond donors (Lipinski definition) is 1. The number of hydrogen-bond acceptors (Lipinski definition) is 4. The number of rotatable bonds is 5. The van der Waals surface area contributed by atoms with Gasteiger partial charge in [-0.1, -0.05) is 12.1 Å². The van der Waals surface area contributed by atoms with E-state index in [2.05, 4.69) is 0 Å². The molecule has 1 aromatic rings. The molecular weight excluding hydrogens is 288 g/mol. The molecule has 0 aliphatic carbocycles. The molecule has 0 saturated carbocycles. The molecule has 1 saturated heterocycles. The molecule has 1 aromatic carbocycles. The van der Waals surface area contributed by atoms with Crippen molar-refractivity contribution >= 4 is 10.0 Å². The van der Waals surface area contributed by atoms with E-state index in [1.807, 2.05) is 19.1 Å². The summed E-state index contributed by atoms with van der Waals surface area (Å²) in [5, 5.41) is 0. The van der Waals surface area contributed by atoms with Gasteiger partial charge >= 0.3 is 0 Å². The fraction of sp³-hybridized carbons (Fsp3) is 0.600. The molecule has 21 heavy (non-hydrogen) atoms. The molecular formula is C15H24N2O3S. The van der Waals surface area contributed by atoms with Crippen molar-refractivity contribution in [1.29, 1.82) is 0 Å². The molecule has 118 valence electrons. The van der Waals surface area contributed by atoms with Gasteiger partial charge in [-0.2, -0.15) is 4.31 Å². The Balaban J connectivity index is 2.14. The van der Waals surface area contributed by atoms with E-state index in [1.165, 1.54) is 4.31 Å². The van der Waals surface area contributed by atoms with Crippen LogP contribution in [0, 0.1) is 0 Å². The predicted molar refractivity (Wildman–Crippen MR) is 82.6 cm³/mol. The van der Waals surface area contributed by atoms with E-state index >= 15 is 0 Å². The van der Waals surface area contributed by atoms with Crippen LogP contribution in [0.4, 0.5) is 0 Å². The van der Waals surface area contributed by atoms with Gasteiger partial charge in [0.25, 0.3) is 0 Å². The van der Waals surface area contributed by atoms with Crippen LogP contribution in [0.2, 0.25) is 0 Å². The molecule has 5 nitrogen and oxygen atoms in total. The van der Waals surface area contributed by atoms with Gasteiger partial charge in [-0.25, -0.2) is 8.42 Å². The Morgan fingerprint density at radius 1 is 1.33 bits per heavy atom. The van der Waals surface area contributed by atoms with Crippen molar-refractivity contribution in [2.75, 3.05) is 26.2 Å². The number of nitrogens with two attached hydrogens (primary N) is 1. The molecule has 1 atom stereocenters. The van der Waals surface area contributed by atoms with Crippen LogP contribution >= 0.6 is 0 Å². The third-order valence-electron chi connectivity index (χ3n) is 3.65. The summed E-state index contributed by atoms with van der Waals surface area (Å²) in [4.78, 5) is 0.355. The molecule has 1 aliphatic heterocycles. The van der Waals surface area contributed by atoms with Gasteiger partial charge in [0.15, 0.2) is 0 Å². The molecule has 0 spiro atoms. The minimum Gasteiger partial charge on any atom is -0.377 e. The first-order valence-corrected chi connectivity index (χ1v) is 8.89. The van der Waals surface area contributed by atoms with Crippen molar-refractivity contribution in [2.45, 2.75) is 37.2 Å². The number of nitrogens with zero attached hydrogens (tertiary/aromatic N) is 1. The Labute approximate surface area is 127 Å². The summed E-state index contributed by atoms with van der Waals surface area (Å²) in [5.74, 6) is 0. The highest BCUT2D eigenvalue weighted by Crippen LogP contribution is 2.19. The van der Waals surface area contributed by atoms with Crippen LogP contribution < -0.4 is 5.73 Å². The average Bonchev–Trinajstić information content (AvgIpc) is 2.70. The van der Waals surface area contributed by atoms with Crippen molar-refractivity contribution in [3.8, 4) is 0 Å². The molecule has 1 unspecified atom stereocenters. The van der Waals surface area contributed by atoms with Crippen molar-refractivity contribution < 1.29 is 13.2 Å². The molecule has 2 rings (SSSR count). The lowest BCUT2D eigenvalue weighted by Gasteiger charge is -2.21. The van der Waals surface area contributed by atoms with E-state index in [4.69, 9.17) is 10.5 Å². The third kappa shape index (κ3) is 4.26. The van der Waals surface area contributed by atoms with Crippen LogP contribution in [0.25, 0.3) is 0 Å². The van der Waals surface area contributed by atoms with Gasteiger partial charge in [0.05, 0.1) is 11.0 Å². The number of ether oxygens (including phenoxy) is 1. The standard InChI is InChI=1S/C15H24N2O3S/c1-13-12-17(10-3-11-20-13)21(18,19)15-7-5-14(6-8-15)4-2-9-16/h5-8,13H,2-4,9-12,16H2,1H3. The van der Waals surface area contributed by atoms with Crippen LogP contribution in [0.5, 0.6) is 0 Å². The Hall–Kier alpha value is -0.950. The number of benzene rings is 1. The topological polar surface area (TPSA) is 72.6 Å². The summed E-state index contributed by atoms with van der Waals surface area (Å²) >= 11 is 0. The Morgan fingerprint density at radius 2 is 2.05 bits per heavy atom. The van der Waals surface area contributed by atoms with Gasteiger partial charge in [-0.3, -0.25) is 0 Å².